The molecule has 0 atom stereocenters. The first-order valence-electron chi connectivity index (χ1n) is 5.89. The van der Waals surface area contributed by atoms with Crippen LogP contribution in [0, 0.1) is 0 Å². The van der Waals surface area contributed by atoms with E-state index in [0.717, 1.165) is 13.0 Å². The van der Waals surface area contributed by atoms with Gasteiger partial charge in [0.25, 0.3) is 0 Å². The second kappa shape index (κ2) is 7.33. The first kappa shape index (κ1) is 14.0. The number of unbranched alkanes of at least 4 members (excludes halogenated alkanes) is 1. The summed E-state index contributed by atoms with van der Waals surface area (Å²) in [6.07, 6.45) is -2.98. The molecule has 17 heavy (non-hydrogen) atoms. The summed E-state index contributed by atoms with van der Waals surface area (Å²) in [7, 11) is 0. The van der Waals surface area contributed by atoms with Gasteiger partial charge in [-0.2, -0.15) is 13.2 Å². The molecule has 0 radical (unpaired) electrons. The average Bonchev–Trinajstić information content (AvgIpc) is 2.28. The molecule has 1 aromatic carbocycles. The van der Waals surface area contributed by atoms with Crippen molar-refractivity contribution in [2.75, 3.05) is 13.1 Å². The van der Waals surface area contributed by atoms with Crippen LogP contribution < -0.4 is 5.32 Å². The third-order valence-electron chi connectivity index (χ3n) is 2.50. The summed E-state index contributed by atoms with van der Waals surface area (Å²) in [6, 6.07) is 10.0. The van der Waals surface area contributed by atoms with Crippen molar-refractivity contribution in [2.24, 2.45) is 0 Å². The van der Waals surface area contributed by atoms with E-state index < -0.39 is 12.6 Å². The number of rotatable bonds is 7. The normalized spacial score (nSPS) is 11.7. The summed E-state index contributed by atoms with van der Waals surface area (Å²) in [4.78, 5) is 0. The molecular formula is C13H18F3N. The molecule has 0 amide bonds. The summed E-state index contributed by atoms with van der Waals surface area (Å²) in [5, 5.41) is 3.15. The first-order chi connectivity index (χ1) is 8.08. The third kappa shape index (κ3) is 7.80. The molecule has 0 unspecified atom stereocenters. The van der Waals surface area contributed by atoms with Gasteiger partial charge in [-0.25, -0.2) is 0 Å². The highest BCUT2D eigenvalue weighted by molar-refractivity contribution is 5.14. The number of hydrogen-bond donors (Lipinski definition) is 1. The van der Waals surface area contributed by atoms with E-state index in [4.69, 9.17) is 0 Å². The lowest BCUT2D eigenvalue weighted by molar-refractivity contribution is -0.135. The van der Waals surface area contributed by atoms with Crippen molar-refractivity contribution in [1.29, 1.82) is 0 Å². The van der Waals surface area contributed by atoms with Crippen LogP contribution in [0.3, 0.4) is 0 Å². The van der Waals surface area contributed by atoms with Crippen molar-refractivity contribution in [2.45, 2.75) is 31.9 Å². The number of nitrogens with one attached hydrogen (secondary N) is 1. The molecule has 96 valence electrons. The van der Waals surface area contributed by atoms with Crippen LogP contribution in [0.1, 0.15) is 24.8 Å². The van der Waals surface area contributed by atoms with Crippen LogP contribution in [0.2, 0.25) is 0 Å². The van der Waals surface area contributed by atoms with Crippen molar-refractivity contribution < 1.29 is 13.2 Å². The fourth-order valence-electron chi connectivity index (χ4n) is 1.58. The highest BCUT2D eigenvalue weighted by Gasteiger charge is 2.25. The van der Waals surface area contributed by atoms with E-state index in [1.165, 1.54) is 5.56 Å². The van der Waals surface area contributed by atoms with Crippen LogP contribution in [-0.2, 0) is 6.42 Å². The molecule has 0 fully saturated rings. The van der Waals surface area contributed by atoms with Crippen LogP contribution >= 0.6 is 0 Å². The van der Waals surface area contributed by atoms with Gasteiger partial charge in [-0.05, 0) is 37.9 Å². The Bertz CT molecular complexity index is 295. The molecule has 1 N–H and O–H groups in total. The zero-order chi connectivity index (χ0) is 12.6. The summed E-state index contributed by atoms with van der Waals surface area (Å²) in [5.41, 5.74) is 1.25. The number of hydrogen-bond acceptors (Lipinski definition) is 1. The maximum absolute atomic E-state index is 11.8. The van der Waals surface area contributed by atoms with Crippen molar-refractivity contribution in [3.63, 3.8) is 0 Å². The third-order valence-corrected chi connectivity index (χ3v) is 2.50. The van der Waals surface area contributed by atoms with Crippen molar-refractivity contribution >= 4 is 0 Å². The molecule has 0 aliphatic rings. The van der Waals surface area contributed by atoms with Gasteiger partial charge in [0.05, 0.1) is 0 Å². The van der Waals surface area contributed by atoms with Crippen LogP contribution in [0.5, 0.6) is 0 Å². The van der Waals surface area contributed by atoms with E-state index in [1.807, 2.05) is 30.3 Å². The Kier molecular flexibility index (Phi) is 6.05. The summed E-state index contributed by atoms with van der Waals surface area (Å²) < 4.78 is 35.5. The number of alkyl halides is 3. The van der Waals surface area contributed by atoms with Crippen LogP contribution in [0.4, 0.5) is 13.2 Å². The Morgan fingerprint density at radius 3 is 2.29 bits per heavy atom. The molecule has 1 rings (SSSR count). The zero-order valence-electron chi connectivity index (χ0n) is 9.76. The van der Waals surface area contributed by atoms with Crippen LogP contribution in [0.15, 0.2) is 30.3 Å². The summed E-state index contributed by atoms with van der Waals surface area (Å²) in [6.45, 7) is 1.47. The number of benzene rings is 1. The first-order valence-corrected chi connectivity index (χ1v) is 5.89. The molecular weight excluding hydrogens is 227 g/mol. The minimum absolute atomic E-state index is 0.210. The van der Waals surface area contributed by atoms with Gasteiger partial charge in [-0.15, -0.1) is 0 Å². The van der Waals surface area contributed by atoms with Crippen molar-refractivity contribution in [3.05, 3.63) is 35.9 Å². The van der Waals surface area contributed by atoms with Gasteiger partial charge in [0.2, 0.25) is 0 Å². The van der Waals surface area contributed by atoms with Gasteiger partial charge in [0.15, 0.2) is 0 Å². The largest absolute Gasteiger partial charge is 0.389 e. The van der Waals surface area contributed by atoms with Gasteiger partial charge in [-0.3, -0.25) is 0 Å². The van der Waals surface area contributed by atoms with E-state index in [2.05, 4.69) is 5.32 Å². The predicted octanol–water partition coefficient (Wildman–Crippen LogP) is 3.55. The van der Waals surface area contributed by atoms with Crippen molar-refractivity contribution in [3.8, 4) is 0 Å². The second-order valence-corrected chi connectivity index (χ2v) is 4.06. The summed E-state index contributed by atoms with van der Waals surface area (Å²) >= 11 is 0. The Balaban J connectivity index is 1.95. The molecule has 4 heteroatoms. The average molecular weight is 245 g/mol. The van der Waals surface area contributed by atoms with Crippen LogP contribution in [0.25, 0.3) is 0 Å². The minimum atomic E-state index is -4.01. The maximum atomic E-state index is 11.8. The van der Waals surface area contributed by atoms with E-state index in [1.54, 1.807) is 0 Å². The molecule has 0 aromatic heterocycles. The quantitative estimate of drug-likeness (QED) is 0.724. The molecule has 0 saturated heterocycles. The Morgan fingerprint density at radius 1 is 0.941 bits per heavy atom. The van der Waals surface area contributed by atoms with E-state index in [-0.39, 0.29) is 6.42 Å². The predicted molar refractivity (Wildman–Crippen MR) is 62.9 cm³/mol. The standard InChI is InChI=1S/C13H18F3N/c14-13(15,16)9-4-5-10-17-11-8-12-6-2-1-3-7-12/h1-3,6-7,17H,4-5,8-11H2. The Labute approximate surface area is 100 Å². The fraction of sp³-hybridized carbons (Fsp3) is 0.538. The SMILES string of the molecule is FC(F)(F)CCCCNCCc1ccccc1. The Morgan fingerprint density at radius 2 is 1.65 bits per heavy atom. The fourth-order valence-corrected chi connectivity index (χ4v) is 1.58. The smallest absolute Gasteiger partial charge is 0.316 e. The van der Waals surface area contributed by atoms with Crippen LogP contribution in [-0.4, -0.2) is 19.3 Å². The lowest BCUT2D eigenvalue weighted by Gasteiger charge is -2.07. The molecule has 0 aliphatic carbocycles. The maximum Gasteiger partial charge on any atom is 0.389 e. The summed E-state index contributed by atoms with van der Waals surface area (Å²) in [5.74, 6) is 0. The minimum Gasteiger partial charge on any atom is -0.316 e. The van der Waals surface area contributed by atoms with Gasteiger partial charge in [0, 0.05) is 6.42 Å². The molecule has 0 aliphatic heterocycles. The van der Waals surface area contributed by atoms with E-state index in [9.17, 15) is 13.2 Å². The monoisotopic (exact) mass is 245 g/mol. The number of halogens is 3. The molecule has 1 nitrogen and oxygen atoms in total. The van der Waals surface area contributed by atoms with Gasteiger partial charge in [-0.1, -0.05) is 30.3 Å². The molecule has 0 saturated carbocycles. The van der Waals surface area contributed by atoms with Crippen molar-refractivity contribution in [1.82, 2.24) is 5.32 Å². The molecule has 0 spiro atoms. The molecule has 1 aromatic rings. The van der Waals surface area contributed by atoms with Gasteiger partial charge < -0.3 is 5.32 Å². The zero-order valence-corrected chi connectivity index (χ0v) is 9.76. The van der Waals surface area contributed by atoms with E-state index in [0.29, 0.717) is 13.0 Å². The lowest BCUT2D eigenvalue weighted by atomic mass is 10.1. The highest BCUT2D eigenvalue weighted by Crippen LogP contribution is 2.21. The molecule has 0 heterocycles. The van der Waals surface area contributed by atoms with E-state index >= 15 is 0 Å². The second-order valence-electron chi connectivity index (χ2n) is 4.06. The van der Waals surface area contributed by atoms with Gasteiger partial charge in [0.1, 0.15) is 0 Å². The Hall–Kier alpha value is -1.03. The topological polar surface area (TPSA) is 12.0 Å². The lowest BCUT2D eigenvalue weighted by Crippen LogP contribution is -2.19. The molecule has 0 bridgehead atoms. The highest BCUT2D eigenvalue weighted by atomic mass is 19.4. The van der Waals surface area contributed by atoms with Gasteiger partial charge >= 0.3 is 6.18 Å².